The monoisotopic (exact) mass is 170 g/mol. The molecule has 0 fully saturated rings. The minimum atomic E-state index is 1.03. The first-order valence-electron chi connectivity index (χ1n) is 4.35. The van der Waals surface area contributed by atoms with Gasteiger partial charge in [0.05, 0.1) is 0 Å². The summed E-state index contributed by atoms with van der Waals surface area (Å²) in [6.07, 6.45) is 11.2. The molecule has 0 unspecified atom stereocenters. The van der Waals surface area contributed by atoms with Crippen LogP contribution in [0.5, 0.6) is 0 Å². The van der Waals surface area contributed by atoms with E-state index in [0.29, 0.717) is 0 Å². The first-order chi connectivity index (χ1) is 5.31. The van der Waals surface area contributed by atoms with Gasteiger partial charge in [-0.1, -0.05) is 44.9 Å². The molecule has 0 saturated heterocycles. The van der Waals surface area contributed by atoms with E-state index < -0.39 is 0 Å². The lowest BCUT2D eigenvalue weighted by molar-refractivity contribution is 0.815. The van der Waals surface area contributed by atoms with Gasteiger partial charge >= 0.3 is 0 Å². The third-order valence-corrected chi connectivity index (χ3v) is 1.98. The van der Waals surface area contributed by atoms with Crippen LogP contribution in [0.15, 0.2) is 23.1 Å². The van der Waals surface area contributed by atoms with Crippen molar-refractivity contribution in [1.82, 2.24) is 0 Å². The third kappa shape index (κ3) is 7.73. The molecule has 0 aromatic carbocycles. The molecule has 0 nitrogen and oxygen atoms in total. The van der Waals surface area contributed by atoms with Crippen LogP contribution in [0.1, 0.15) is 39.5 Å². The zero-order valence-electron chi connectivity index (χ0n) is 7.51. The maximum Gasteiger partial charge on any atom is -0.0187 e. The molecule has 0 amide bonds. The standard InChI is InChI=1S/C10H18S/c1-3-5-6-7-8-9-10(11)4-2/h7-9,11H,3-6H2,1-2H3/b8-7+,10-9-. The summed E-state index contributed by atoms with van der Waals surface area (Å²) in [5.74, 6) is 0. The fourth-order valence-electron chi connectivity index (χ4n) is 0.715. The van der Waals surface area contributed by atoms with Crippen LogP contribution in [0, 0.1) is 0 Å². The van der Waals surface area contributed by atoms with Crippen molar-refractivity contribution in [2.45, 2.75) is 39.5 Å². The van der Waals surface area contributed by atoms with E-state index in [0.717, 1.165) is 11.3 Å². The quantitative estimate of drug-likeness (QED) is 0.360. The highest BCUT2D eigenvalue weighted by molar-refractivity contribution is 7.84. The Morgan fingerprint density at radius 2 is 2.09 bits per heavy atom. The number of rotatable bonds is 5. The molecule has 0 spiro atoms. The summed E-state index contributed by atoms with van der Waals surface area (Å²) in [5.41, 5.74) is 0. The minimum absolute atomic E-state index is 1.03. The SMILES string of the molecule is CCCC/C=C/C=C(\S)CC. The third-order valence-electron chi connectivity index (χ3n) is 1.51. The van der Waals surface area contributed by atoms with E-state index in [9.17, 15) is 0 Å². The van der Waals surface area contributed by atoms with Crippen molar-refractivity contribution in [2.75, 3.05) is 0 Å². The largest absolute Gasteiger partial charge is 0.148 e. The second kappa shape index (κ2) is 7.93. The first-order valence-corrected chi connectivity index (χ1v) is 4.80. The lowest BCUT2D eigenvalue weighted by Gasteiger charge is -1.89. The molecule has 0 rings (SSSR count). The highest BCUT2D eigenvalue weighted by atomic mass is 32.1. The van der Waals surface area contributed by atoms with Crippen LogP contribution in [0.2, 0.25) is 0 Å². The van der Waals surface area contributed by atoms with Crippen molar-refractivity contribution in [3.63, 3.8) is 0 Å². The number of unbranched alkanes of at least 4 members (excludes halogenated alkanes) is 2. The Morgan fingerprint density at radius 1 is 1.36 bits per heavy atom. The van der Waals surface area contributed by atoms with E-state index in [2.05, 4.69) is 44.7 Å². The Morgan fingerprint density at radius 3 is 2.64 bits per heavy atom. The molecular formula is C10H18S. The summed E-state index contributed by atoms with van der Waals surface area (Å²) in [7, 11) is 0. The van der Waals surface area contributed by atoms with Crippen LogP contribution in [-0.2, 0) is 0 Å². The van der Waals surface area contributed by atoms with Crippen LogP contribution < -0.4 is 0 Å². The second-order valence-corrected chi connectivity index (χ2v) is 3.16. The Hall–Kier alpha value is -0.170. The van der Waals surface area contributed by atoms with Gasteiger partial charge in [-0.05, 0) is 17.7 Å². The summed E-state index contributed by atoms with van der Waals surface area (Å²) in [4.78, 5) is 1.15. The molecule has 0 aliphatic heterocycles. The van der Waals surface area contributed by atoms with E-state index in [1.54, 1.807) is 0 Å². The van der Waals surface area contributed by atoms with Gasteiger partial charge in [0, 0.05) is 0 Å². The molecule has 11 heavy (non-hydrogen) atoms. The van der Waals surface area contributed by atoms with Gasteiger partial charge in [0.2, 0.25) is 0 Å². The highest BCUT2D eigenvalue weighted by Crippen LogP contribution is 2.05. The van der Waals surface area contributed by atoms with Crippen molar-refractivity contribution in [3.8, 4) is 0 Å². The summed E-state index contributed by atoms with van der Waals surface area (Å²) in [6.45, 7) is 4.32. The Bertz CT molecular complexity index is 134. The van der Waals surface area contributed by atoms with Gasteiger partial charge in [-0.15, -0.1) is 12.6 Å². The van der Waals surface area contributed by atoms with Crippen LogP contribution in [0.3, 0.4) is 0 Å². The molecular weight excluding hydrogens is 152 g/mol. The average molecular weight is 170 g/mol. The maximum atomic E-state index is 4.26. The first kappa shape index (κ1) is 10.8. The van der Waals surface area contributed by atoms with Crippen molar-refractivity contribution in [2.24, 2.45) is 0 Å². The molecule has 0 aliphatic rings. The molecule has 0 aliphatic carbocycles. The normalized spacial score (nSPS) is 12.8. The molecule has 1 heteroatoms. The molecule has 0 saturated carbocycles. The summed E-state index contributed by atoms with van der Waals surface area (Å²) < 4.78 is 0. The number of allylic oxidation sites excluding steroid dienone is 4. The van der Waals surface area contributed by atoms with E-state index >= 15 is 0 Å². The van der Waals surface area contributed by atoms with E-state index in [-0.39, 0.29) is 0 Å². The molecule has 64 valence electrons. The summed E-state index contributed by atoms with van der Waals surface area (Å²) in [5, 5.41) is 0. The lowest BCUT2D eigenvalue weighted by Crippen LogP contribution is -1.67. The zero-order chi connectivity index (χ0) is 8.53. The number of hydrogen-bond donors (Lipinski definition) is 1. The second-order valence-electron chi connectivity index (χ2n) is 2.58. The molecule has 0 N–H and O–H groups in total. The van der Waals surface area contributed by atoms with E-state index in [1.807, 2.05) is 0 Å². The minimum Gasteiger partial charge on any atom is -0.148 e. The Balaban J connectivity index is 3.42. The van der Waals surface area contributed by atoms with Crippen LogP contribution in [0.4, 0.5) is 0 Å². The van der Waals surface area contributed by atoms with Crippen molar-refractivity contribution in [3.05, 3.63) is 23.1 Å². The van der Waals surface area contributed by atoms with Gasteiger partial charge in [-0.3, -0.25) is 0 Å². The van der Waals surface area contributed by atoms with Crippen molar-refractivity contribution >= 4 is 12.6 Å². The van der Waals surface area contributed by atoms with Gasteiger partial charge < -0.3 is 0 Å². The fourth-order valence-corrected chi connectivity index (χ4v) is 0.801. The molecule has 0 radical (unpaired) electrons. The van der Waals surface area contributed by atoms with Crippen LogP contribution >= 0.6 is 12.6 Å². The van der Waals surface area contributed by atoms with Gasteiger partial charge in [-0.25, -0.2) is 0 Å². The highest BCUT2D eigenvalue weighted by Gasteiger charge is 1.79. The Kier molecular flexibility index (Phi) is 7.81. The zero-order valence-corrected chi connectivity index (χ0v) is 8.40. The van der Waals surface area contributed by atoms with Gasteiger partial charge in [-0.2, -0.15) is 0 Å². The van der Waals surface area contributed by atoms with Crippen molar-refractivity contribution < 1.29 is 0 Å². The molecule has 0 heterocycles. The van der Waals surface area contributed by atoms with Crippen molar-refractivity contribution in [1.29, 1.82) is 0 Å². The van der Waals surface area contributed by atoms with Gasteiger partial charge in [0.15, 0.2) is 0 Å². The average Bonchev–Trinajstić information content (AvgIpc) is 2.04. The Labute approximate surface area is 75.8 Å². The summed E-state index contributed by atoms with van der Waals surface area (Å²) >= 11 is 4.26. The lowest BCUT2D eigenvalue weighted by atomic mass is 10.2. The van der Waals surface area contributed by atoms with Gasteiger partial charge in [0.1, 0.15) is 0 Å². The van der Waals surface area contributed by atoms with E-state index in [4.69, 9.17) is 0 Å². The van der Waals surface area contributed by atoms with Crippen LogP contribution in [-0.4, -0.2) is 0 Å². The molecule has 0 aromatic heterocycles. The molecule has 0 aromatic rings. The topological polar surface area (TPSA) is 0 Å². The van der Waals surface area contributed by atoms with Gasteiger partial charge in [0.25, 0.3) is 0 Å². The predicted octanol–water partition coefficient (Wildman–Crippen LogP) is 3.96. The number of thiol groups is 1. The smallest absolute Gasteiger partial charge is 0.0187 e. The predicted molar refractivity (Wildman–Crippen MR) is 56.0 cm³/mol. The number of hydrogen-bond acceptors (Lipinski definition) is 1. The molecule has 0 atom stereocenters. The molecule has 0 bridgehead atoms. The van der Waals surface area contributed by atoms with E-state index in [1.165, 1.54) is 19.3 Å². The van der Waals surface area contributed by atoms with Crippen LogP contribution in [0.25, 0.3) is 0 Å². The maximum absolute atomic E-state index is 4.26. The fraction of sp³-hybridized carbons (Fsp3) is 0.600. The summed E-state index contributed by atoms with van der Waals surface area (Å²) in [6, 6.07) is 0.